The Morgan fingerprint density at radius 3 is 2.57 bits per heavy atom. The summed E-state index contributed by atoms with van der Waals surface area (Å²) in [4.78, 5) is 4.39. The fourth-order valence-corrected chi connectivity index (χ4v) is 3.00. The van der Waals surface area contributed by atoms with Crippen molar-refractivity contribution in [1.29, 1.82) is 0 Å². The largest absolute Gasteiger partial charge is 0.496 e. The number of halogens is 3. The van der Waals surface area contributed by atoms with E-state index in [-0.39, 0.29) is 30.4 Å². The Hall–Kier alpha value is -1.72. The van der Waals surface area contributed by atoms with Gasteiger partial charge in [0.2, 0.25) is 0 Å². The second kappa shape index (κ2) is 10.7. The highest BCUT2D eigenvalue weighted by atomic mass is 35.5. The van der Waals surface area contributed by atoms with Crippen molar-refractivity contribution < 1.29 is 4.74 Å². The van der Waals surface area contributed by atoms with E-state index in [2.05, 4.69) is 35.5 Å². The van der Waals surface area contributed by atoms with E-state index in [0.29, 0.717) is 5.02 Å². The Bertz CT molecular complexity index is 903. The summed E-state index contributed by atoms with van der Waals surface area (Å²) >= 11 is 6.06. The van der Waals surface area contributed by atoms with Gasteiger partial charge in [-0.25, -0.2) is 0 Å². The molecule has 0 aliphatic rings. The predicted molar refractivity (Wildman–Crippen MR) is 124 cm³/mol. The molecule has 2 N–H and O–H groups in total. The molecule has 0 radical (unpaired) electrons. The van der Waals surface area contributed by atoms with E-state index >= 15 is 0 Å². The molecule has 3 rings (SSSR count). The number of benzene rings is 2. The second-order valence-electron chi connectivity index (χ2n) is 6.92. The van der Waals surface area contributed by atoms with E-state index in [0.717, 1.165) is 41.0 Å². The minimum atomic E-state index is -0.108. The summed E-state index contributed by atoms with van der Waals surface area (Å²) in [5, 5.41) is 8.90. The minimum Gasteiger partial charge on any atom is -0.496 e. The van der Waals surface area contributed by atoms with Crippen molar-refractivity contribution in [3.8, 4) is 5.75 Å². The molecule has 1 aromatic heterocycles. The van der Waals surface area contributed by atoms with Gasteiger partial charge in [-0.15, -0.1) is 24.8 Å². The van der Waals surface area contributed by atoms with E-state index in [1.165, 1.54) is 0 Å². The Morgan fingerprint density at radius 1 is 1.07 bits per heavy atom. The van der Waals surface area contributed by atoms with Gasteiger partial charge in [0.15, 0.2) is 0 Å². The smallest absolute Gasteiger partial charge is 0.123 e. The van der Waals surface area contributed by atoms with Crippen LogP contribution in [0.5, 0.6) is 5.75 Å². The molecule has 7 heteroatoms. The lowest BCUT2D eigenvalue weighted by molar-refractivity contribution is 0.385. The molecule has 0 saturated heterocycles. The minimum absolute atomic E-state index is 0. The average molecular weight is 443 g/mol. The van der Waals surface area contributed by atoms with Gasteiger partial charge < -0.3 is 15.4 Å². The summed E-state index contributed by atoms with van der Waals surface area (Å²) in [7, 11) is 1.70. The van der Waals surface area contributed by atoms with Crippen LogP contribution in [0.15, 0.2) is 54.7 Å². The summed E-state index contributed by atoms with van der Waals surface area (Å²) in [6, 6.07) is 15.8. The molecule has 0 unspecified atom stereocenters. The first-order valence-corrected chi connectivity index (χ1v) is 9.01. The number of nitrogens with zero attached hydrogens (tertiary/aromatic N) is 1. The van der Waals surface area contributed by atoms with Crippen LogP contribution in [0.25, 0.3) is 10.9 Å². The SMILES string of the molecule is COc1ccccc1CNC(C)(C)CNc1ccnc2cc(Cl)ccc12.Cl.Cl. The van der Waals surface area contributed by atoms with Crippen molar-refractivity contribution >= 4 is 53.0 Å². The van der Waals surface area contributed by atoms with Crippen molar-refractivity contribution in [2.24, 2.45) is 0 Å². The average Bonchev–Trinajstić information content (AvgIpc) is 2.64. The number of anilines is 1. The van der Waals surface area contributed by atoms with Crippen LogP contribution in [0.2, 0.25) is 5.02 Å². The van der Waals surface area contributed by atoms with Crippen molar-refractivity contribution in [3.05, 3.63) is 65.3 Å². The molecule has 1 heterocycles. The van der Waals surface area contributed by atoms with Crippen molar-refractivity contribution in [2.45, 2.75) is 25.9 Å². The quantitative estimate of drug-likeness (QED) is 0.491. The maximum absolute atomic E-state index is 6.06. The number of ether oxygens (including phenoxy) is 1. The van der Waals surface area contributed by atoms with Gasteiger partial charge >= 0.3 is 0 Å². The lowest BCUT2D eigenvalue weighted by Gasteiger charge is -2.28. The van der Waals surface area contributed by atoms with Crippen LogP contribution < -0.4 is 15.4 Å². The predicted octanol–water partition coefficient (Wildman–Crippen LogP) is 5.72. The lowest BCUT2D eigenvalue weighted by Crippen LogP contribution is -2.44. The fourth-order valence-electron chi connectivity index (χ4n) is 2.84. The summed E-state index contributed by atoms with van der Waals surface area (Å²) in [5.41, 5.74) is 2.98. The lowest BCUT2D eigenvalue weighted by atomic mass is 10.0. The van der Waals surface area contributed by atoms with Crippen molar-refractivity contribution in [3.63, 3.8) is 0 Å². The number of aromatic nitrogens is 1. The summed E-state index contributed by atoms with van der Waals surface area (Å²) in [6.45, 7) is 5.86. The molecule has 28 heavy (non-hydrogen) atoms. The Labute approximate surface area is 183 Å². The Balaban J connectivity index is 0.00000196. The van der Waals surface area contributed by atoms with Crippen LogP contribution in [-0.4, -0.2) is 24.2 Å². The number of rotatable bonds is 7. The van der Waals surface area contributed by atoms with Crippen molar-refractivity contribution in [1.82, 2.24) is 10.3 Å². The molecule has 0 aliphatic heterocycles. The van der Waals surface area contributed by atoms with Crippen LogP contribution in [0.1, 0.15) is 19.4 Å². The summed E-state index contributed by atoms with van der Waals surface area (Å²) in [5.74, 6) is 0.903. The van der Waals surface area contributed by atoms with Crippen LogP contribution >= 0.6 is 36.4 Å². The Morgan fingerprint density at radius 2 is 1.82 bits per heavy atom. The Kier molecular flexibility index (Phi) is 9.31. The molecule has 0 fully saturated rings. The van der Waals surface area contributed by atoms with Gasteiger partial charge in [0.05, 0.1) is 12.6 Å². The van der Waals surface area contributed by atoms with E-state index in [4.69, 9.17) is 16.3 Å². The van der Waals surface area contributed by atoms with E-state index in [1.54, 1.807) is 13.3 Å². The molecule has 0 saturated carbocycles. The molecular weight excluding hydrogens is 417 g/mol. The molecule has 3 aromatic rings. The van der Waals surface area contributed by atoms with E-state index < -0.39 is 0 Å². The van der Waals surface area contributed by atoms with E-state index in [1.807, 2.05) is 42.5 Å². The zero-order valence-corrected chi connectivity index (χ0v) is 18.5. The molecule has 0 aliphatic carbocycles. The molecule has 152 valence electrons. The van der Waals surface area contributed by atoms with Gasteiger partial charge in [0.25, 0.3) is 0 Å². The van der Waals surface area contributed by atoms with Crippen LogP contribution in [-0.2, 0) is 6.54 Å². The fraction of sp³-hybridized carbons (Fsp3) is 0.286. The number of nitrogens with one attached hydrogen (secondary N) is 2. The number of para-hydroxylation sites is 1. The van der Waals surface area contributed by atoms with Crippen LogP contribution in [0.3, 0.4) is 0 Å². The summed E-state index contributed by atoms with van der Waals surface area (Å²) in [6.07, 6.45) is 1.80. The van der Waals surface area contributed by atoms with Gasteiger partial charge in [0.1, 0.15) is 5.75 Å². The molecule has 0 bridgehead atoms. The summed E-state index contributed by atoms with van der Waals surface area (Å²) < 4.78 is 5.42. The normalized spacial score (nSPS) is 10.7. The zero-order valence-electron chi connectivity index (χ0n) is 16.2. The van der Waals surface area contributed by atoms with Gasteiger partial charge in [0, 0.05) is 46.5 Å². The third-order valence-electron chi connectivity index (χ3n) is 4.38. The van der Waals surface area contributed by atoms with Crippen LogP contribution in [0, 0.1) is 0 Å². The number of methoxy groups -OCH3 is 1. The van der Waals surface area contributed by atoms with Gasteiger partial charge in [-0.1, -0.05) is 29.8 Å². The molecule has 0 amide bonds. The molecule has 2 aromatic carbocycles. The molecule has 0 atom stereocenters. The standard InChI is InChI=1S/C21H24ClN3O.2ClH/c1-21(2,25-13-15-6-4-5-7-20(15)26-3)14-24-18-10-11-23-19-12-16(22)8-9-17(18)19;;/h4-12,25H,13-14H2,1-3H3,(H,23,24);2*1H. The topological polar surface area (TPSA) is 46.2 Å². The van der Waals surface area contributed by atoms with Gasteiger partial charge in [-0.2, -0.15) is 0 Å². The first kappa shape index (κ1) is 24.3. The van der Waals surface area contributed by atoms with Crippen molar-refractivity contribution in [2.75, 3.05) is 19.0 Å². The number of pyridine rings is 1. The highest BCUT2D eigenvalue weighted by molar-refractivity contribution is 6.31. The monoisotopic (exact) mass is 441 g/mol. The maximum Gasteiger partial charge on any atom is 0.123 e. The van der Waals surface area contributed by atoms with E-state index in [9.17, 15) is 0 Å². The molecule has 0 spiro atoms. The number of hydrogen-bond acceptors (Lipinski definition) is 4. The zero-order chi connectivity index (χ0) is 18.6. The highest BCUT2D eigenvalue weighted by Gasteiger charge is 2.18. The van der Waals surface area contributed by atoms with Gasteiger partial charge in [-0.05, 0) is 44.2 Å². The molecule has 4 nitrogen and oxygen atoms in total. The van der Waals surface area contributed by atoms with Gasteiger partial charge in [-0.3, -0.25) is 4.98 Å². The first-order chi connectivity index (χ1) is 12.5. The third kappa shape index (κ3) is 6.14. The second-order valence-corrected chi connectivity index (χ2v) is 7.36. The first-order valence-electron chi connectivity index (χ1n) is 8.63. The number of fused-ring (bicyclic) bond motifs is 1. The number of hydrogen-bond donors (Lipinski definition) is 2. The highest BCUT2D eigenvalue weighted by Crippen LogP contribution is 2.25. The third-order valence-corrected chi connectivity index (χ3v) is 4.61. The maximum atomic E-state index is 6.06. The van der Waals surface area contributed by atoms with Crippen LogP contribution in [0.4, 0.5) is 5.69 Å². The molecular formula is C21H26Cl3N3O.